The average molecular weight is 544 g/mol. The molecule has 1 unspecified atom stereocenters. The highest BCUT2D eigenvalue weighted by Crippen LogP contribution is 2.44. The Kier molecular flexibility index (Phi) is 8.93. The van der Waals surface area contributed by atoms with Gasteiger partial charge in [-0.2, -0.15) is 4.31 Å². The van der Waals surface area contributed by atoms with Crippen molar-refractivity contribution >= 4 is 34.2 Å². The summed E-state index contributed by atoms with van der Waals surface area (Å²) in [5, 5.41) is 12.6. The molecule has 11 heteroatoms. The number of furan rings is 1. The summed E-state index contributed by atoms with van der Waals surface area (Å²) in [7, 11) is 3.01. The third kappa shape index (κ3) is 6.29. The van der Waals surface area contributed by atoms with E-state index >= 15 is 0 Å². The van der Waals surface area contributed by atoms with E-state index in [2.05, 4.69) is 5.32 Å². The van der Waals surface area contributed by atoms with Crippen LogP contribution in [0.2, 0.25) is 0 Å². The quantitative estimate of drug-likeness (QED) is 0.274. The molecule has 1 aliphatic rings. The van der Waals surface area contributed by atoms with Gasteiger partial charge in [0.25, 0.3) is 5.91 Å². The second-order valence-electron chi connectivity index (χ2n) is 9.63. The monoisotopic (exact) mass is 543 g/mol. The number of benzene rings is 1. The Balaban J connectivity index is 1.68. The number of amides is 1. The molecule has 3 aromatic rings. The van der Waals surface area contributed by atoms with Crippen LogP contribution >= 0.6 is 0 Å². The second kappa shape index (κ2) is 12.2. The summed E-state index contributed by atoms with van der Waals surface area (Å²) in [5.41, 5.74) is 4.07. The summed E-state index contributed by atoms with van der Waals surface area (Å²) in [6.45, 7) is 2.35. The fraction of sp³-hybridized carbons (Fsp3) is 0.444. The van der Waals surface area contributed by atoms with Gasteiger partial charge in [0, 0.05) is 26.3 Å². The van der Waals surface area contributed by atoms with Crippen LogP contribution in [0.3, 0.4) is 0 Å². The maximum absolute atomic E-state index is 12.9. The molecule has 2 atom stereocenters. The molecule has 0 saturated heterocycles. The molecule has 0 spiro atoms. The van der Waals surface area contributed by atoms with Gasteiger partial charge in [-0.05, 0) is 50.2 Å². The molecule has 1 saturated carbocycles. The molecular formula is C27H33N3O7S. The lowest BCUT2D eigenvalue weighted by atomic mass is 10.0. The number of hydrogen-bond donors (Lipinski definition) is 3. The van der Waals surface area contributed by atoms with Gasteiger partial charge in [-0.1, -0.05) is 29.8 Å². The maximum atomic E-state index is 12.9. The van der Waals surface area contributed by atoms with E-state index in [9.17, 15) is 23.5 Å². The summed E-state index contributed by atoms with van der Waals surface area (Å²) in [5.74, 6) is -1.24. The van der Waals surface area contributed by atoms with Crippen molar-refractivity contribution < 1.29 is 32.6 Å². The number of rotatable bonds is 13. The lowest BCUT2D eigenvalue weighted by Crippen LogP contribution is -2.28. The van der Waals surface area contributed by atoms with Gasteiger partial charge < -0.3 is 19.6 Å². The van der Waals surface area contributed by atoms with Crippen LogP contribution in [0, 0.1) is 12.8 Å². The van der Waals surface area contributed by atoms with E-state index in [4.69, 9.17) is 14.1 Å². The number of carboxylic acids is 1. The minimum Gasteiger partial charge on any atom is -0.481 e. The number of fused-ring (bicyclic) bond motifs is 1. The van der Waals surface area contributed by atoms with E-state index in [0.29, 0.717) is 35.2 Å². The number of carbonyl (C=O) groups excluding carboxylic acids is 1. The predicted molar refractivity (Wildman–Crippen MR) is 143 cm³/mol. The van der Waals surface area contributed by atoms with Crippen molar-refractivity contribution in [1.29, 1.82) is 0 Å². The molecule has 10 nitrogen and oxygen atoms in total. The standard InChI is InChI=1S/C27H33N3O7S/c1-16-6-8-18(9-7-16)24-23(25(31)28-2)21-13-20(17-10-11-17)22(29-26(21)37-24)14-30(38(34)35)12-4-5-19(15-36-3)27(32)33/h6-9,13,17,19H,4-5,10-12,14-15H2,1-3H3,(H,28,31)(H,32,33)(H,34,35)/t19-/m1/s1. The van der Waals surface area contributed by atoms with Crippen molar-refractivity contribution in [2.75, 3.05) is 27.3 Å². The SMILES string of the molecule is CNC(=O)c1c(-c2ccc(C)cc2)oc2nc(CN(CCC[C@H](COC)C(=O)O)S(=O)O)c(C3CC3)cc12. The number of aromatic nitrogens is 1. The van der Waals surface area contributed by atoms with E-state index in [-0.39, 0.29) is 37.2 Å². The molecule has 0 radical (unpaired) electrons. The topological polar surface area (TPSA) is 142 Å². The van der Waals surface area contributed by atoms with Gasteiger partial charge >= 0.3 is 5.97 Å². The lowest BCUT2D eigenvalue weighted by molar-refractivity contribution is -0.143. The molecular weight excluding hydrogens is 510 g/mol. The molecule has 204 valence electrons. The van der Waals surface area contributed by atoms with Gasteiger partial charge in [0.1, 0.15) is 5.76 Å². The molecule has 1 amide bonds. The highest BCUT2D eigenvalue weighted by molar-refractivity contribution is 7.76. The van der Waals surface area contributed by atoms with Crippen molar-refractivity contribution in [2.45, 2.75) is 45.1 Å². The van der Waals surface area contributed by atoms with E-state index in [1.807, 2.05) is 37.3 Å². The van der Waals surface area contributed by atoms with Crippen LogP contribution in [0.25, 0.3) is 22.4 Å². The first-order chi connectivity index (χ1) is 18.2. The number of carbonyl (C=O) groups is 2. The summed E-state index contributed by atoms with van der Waals surface area (Å²) >= 11 is -2.29. The molecule has 2 aromatic heterocycles. The number of aliphatic carboxylic acids is 1. The van der Waals surface area contributed by atoms with Gasteiger partial charge in [-0.25, -0.2) is 9.19 Å². The minimum absolute atomic E-state index is 0.0804. The van der Waals surface area contributed by atoms with E-state index in [1.165, 1.54) is 11.4 Å². The molecule has 2 heterocycles. The highest BCUT2D eigenvalue weighted by atomic mass is 32.2. The van der Waals surface area contributed by atoms with Gasteiger partial charge in [-0.15, -0.1) is 0 Å². The Morgan fingerprint density at radius 3 is 2.58 bits per heavy atom. The average Bonchev–Trinajstić information content (AvgIpc) is 3.67. The van der Waals surface area contributed by atoms with Crippen molar-refractivity contribution in [3.05, 3.63) is 52.7 Å². The number of nitrogens with one attached hydrogen (secondary N) is 1. The normalized spacial score (nSPS) is 15.1. The summed E-state index contributed by atoms with van der Waals surface area (Å²) < 4.78 is 34.7. The number of methoxy groups -OCH3 is 1. The molecule has 1 aromatic carbocycles. The number of nitrogens with zero attached hydrogens (tertiary/aromatic N) is 2. The predicted octanol–water partition coefficient (Wildman–Crippen LogP) is 4.11. The van der Waals surface area contributed by atoms with Gasteiger partial charge in [0.2, 0.25) is 17.0 Å². The third-order valence-electron chi connectivity index (χ3n) is 6.80. The Hall–Kier alpha value is -3.12. The number of carboxylic acid groups (broad SMARTS) is 1. The zero-order chi connectivity index (χ0) is 27.4. The van der Waals surface area contributed by atoms with Crippen LogP contribution in [0.1, 0.15) is 58.8 Å². The van der Waals surface area contributed by atoms with Crippen LogP contribution in [-0.2, 0) is 27.3 Å². The largest absolute Gasteiger partial charge is 0.481 e. The zero-order valence-corrected chi connectivity index (χ0v) is 22.5. The van der Waals surface area contributed by atoms with Crippen molar-refractivity contribution in [2.24, 2.45) is 5.92 Å². The first-order valence-corrected chi connectivity index (χ1v) is 13.6. The molecule has 3 N–H and O–H groups in total. The van der Waals surface area contributed by atoms with Crippen LogP contribution in [0.4, 0.5) is 0 Å². The first-order valence-electron chi connectivity index (χ1n) is 12.6. The minimum atomic E-state index is -2.29. The molecule has 38 heavy (non-hydrogen) atoms. The Morgan fingerprint density at radius 2 is 2.00 bits per heavy atom. The zero-order valence-electron chi connectivity index (χ0n) is 21.7. The first kappa shape index (κ1) is 27.9. The Bertz CT molecular complexity index is 1330. The number of aryl methyl sites for hydroxylation is 1. The number of ether oxygens (including phenoxy) is 1. The fourth-order valence-electron chi connectivity index (χ4n) is 4.58. The van der Waals surface area contributed by atoms with Crippen molar-refractivity contribution in [1.82, 2.24) is 14.6 Å². The third-order valence-corrected chi connectivity index (χ3v) is 7.56. The molecule has 0 bridgehead atoms. The van der Waals surface area contributed by atoms with E-state index < -0.39 is 23.2 Å². The summed E-state index contributed by atoms with van der Waals surface area (Å²) in [6, 6.07) is 9.61. The second-order valence-corrected chi connectivity index (χ2v) is 10.6. The van der Waals surface area contributed by atoms with Gasteiger partial charge in [-0.3, -0.25) is 14.1 Å². The highest BCUT2D eigenvalue weighted by Gasteiger charge is 2.31. The summed E-state index contributed by atoms with van der Waals surface area (Å²) in [4.78, 5) is 29.1. The van der Waals surface area contributed by atoms with Crippen LogP contribution in [-0.4, -0.2) is 62.3 Å². The number of pyridine rings is 1. The smallest absolute Gasteiger partial charge is 0.308 e. The van der Waals surface area contributed by atoms with Crippen LogP contribution in [0.5, 0.6) is 0 Å². The van der Waals surface area contributed by atoms with Crippen LogP contribution < -0.4 is 5.32 Å². The van der Waals surface area contributed by atoms with Crippen LogP contribution in [0.15, 0.2) is 34.7 Å². The van der Waals surface area contributed by atoms with Gasteiger partial charge in [0.05, 0.1) is 35.7 Å². The molecule has 4 rings (SSSR count). The van der Waals surface area contributed by atoms with Gasteiger partial charge in [0.15, 0.2) is 0 Å². The summed E-state index contributed by atoms with van der Waals surface area (Å²) in [6.07, 6.45) is 2.65. The van der Waals surface area contributed by atoms with E-state index in [1.54, 1.807) is 7.05 Å². The van der Waals surface area contributed by atoms with Crippen molar-refractivity contribution in [3.8, 4) is 11.3 Å². The molecule has 1 fully saturated rings. The lowest BCUT2D eigenvalue weighted by Gasteiger charge is -2.20. The molecule has 0 aliphatic heterocycles. The molecule has 1 aliphatic carbocycles. The maximum Gasteiger partial charge on any atom is 0.308 e. The van der Waals surface area contributed by atoms with E-state index in [0.717, 1.165) is 29.5 Å². The Labute approximate surface area is 223 Å². The fourth-order valence-corrected chi connectivity index (χ4v) is 5.10. The number of hydrogen-bond acceptors (Lipinski definition) is 6. The van der Waals surface area contributed by atoms with Crippen molar-refractivity contribution in [3.63, 3.8) is 0 Å². The Morgan fingerprint density at radius 1 is 1.29 bits per heavy atom.